The van der Waals surface area contributed by atoms with Crippen LogP contribution in [0.15, 0.2) is 65.5 Å². The van der Waals surface area contributed by atoms with Crippen molar-refractivity contribution in [2.45, 2.75) is 26.5 Å². The van der Waals surface area contributed by atoms with E-state index in [0.717, 1.165) is 11.1 Å². The van der Waals surface area contributed by atoms with E-state index < -0.39 is 6.10 Å². The summed E-state index contributed by atoms with van der Waals surface area (Å²) in [6.45, 7) is 4.16. The summed E-state index contributed by atoms with van der Waals surface area (Å²) in [5, 5.41) is 7.78. The summed E-state index contributed by atoms with van der Waals surface area (Å²) in [6, 6.07) is 17.9. The van der Waals surface area contributed by atoms with Crippen LogP contribution in [0.3, 0.4) is 0 Å². The second kappa shape index (κ2) is 9.39. The Labute approximate surface area is 174 Å². The van der Waals surface area contributed by atoms with Gasteiger partial charge in [-0.15, -0.1) is 0 Å². The Morgan fingerprint density at radius 2 is 1.93 bits per heavy atom. The van der Waals surface area contributed by atoms with Gasteiger partial charge in [0.2, 0.25) is 0 Å². The topological polar surface area (TPSA) is 73.2 Å². The highest BCUT2D eigenvalue weighted by Gasteiger charge is 2.14. The SMILES string of the molecule is Cc1cccc(OC(C)C(=O)NCCn2nc(-c3ccc(Cl)cc3)ccc2=O)c1. The van der Waals surface area contributed by atoms with Gasteiger partial charge in [0.1, 0.15) is 5.75 Å². The fourth-order valence-electron chi connectivity index (χ4n) is 2.76. The molecular weight excluding hydrogens is 390 g/mol. The van der Waals surface area contributed by atoms with Crippen molar-refractivity contribution in [3.63, 3.8) is 0 Å². The fourth-order valence-corrected chi connectivity index (χ4v) is 2.88. The summed E-state index contributed by atoms with van der Waals surface area (Å²) in [5.41, 5.74) is 2.33. The monoisotopic (exact) mass is 411 g/mol. The molecule has 150 valence electrons. The number of ether oxygens (including phenoxy) is 1. The molecule has 0 saturated heterocycles. The first kappa shape index (κ1) is 20.6. The minimum absolute atomic E-state index is 0.235. The number of benzene rings is 2. The average molecular weight is 412 g/mol. The molecule has 0 spiro atoms. The largest absolute Gasteiger partial charge is 0.481 e. The number of nitrogens with zero attached hydrogens (tertiary/aromatic N) is 2. The second-order valence-corrected chi connectivity index (χ2v) is 7.09. The lowest BCUT2D eigenvalue weighted by molar-refractivity contribution is -0.127. The van der Waals surface area contributed by atoms with Gasteiger partial charge in [0, 0.05) is 23.2 Å². The number of hydrogen-bond donors (Lipinski definition) is 1. The van der Waals surface area contributed by atoms with Crippen molar-refractivity contribution in [1.29, 1.82) is 0 Å². The minimum Gasteiger partial charge on any atom is -0.481 e. The molecule has 1 aromatic heterocycles. The van der Waals surface area contributed by atoms with E-state index in [1.54, 1.807) is 25.1 Å². The molecule has 1 heterocycles. The average Bonchev–Trinajstić information content (AvgIpc) is 2.70. The maximum absolute atomic E-state index is 12.3. The Hall–Kier alpha value is -3.12. The molecule has 3 aromatic rings. The van der Waals surface area contributed by atoms with Gasteiger partial charge in [-0.3, -0.25) is 9.59 Å². The van der Waals surface area contributed by atoms with Crippen LogP contribution in [0.1, 0.15) is 12.5 Å². The zero-order valence-corrected chi connectivity index (χ0v) is 17.0. The predicted octanol–water partition coefficient (Wildman–Crippen LogP) is 3.46. The molecule has 1 unspecified atom stereocenters. The van der Waals surface area contributed by atoms with Crippen LogP contribution in [-0.4, -0.2) is 28.3 Å². The lowest BCUT2D eigenvalue weighted by Crippen LogP contribution is -2.39. The third-order valence-electron chi connectivity index (χ3n) is 4.30. The number of aromatic nitrogens is 2. The van der Waals surface area contributed by atoms with Crippen molar-refractivity contribution >= 4 is 17.5 Å². The lowest BCUT2D eigenvalue weighted by Gasteiger charge is -2.15. The van der Waals surface area contributed by atoms with Crippen LogP contribution in [0, 0.1) is 6.92 Å². The first-order valence-electron chi connectivity index (χ1n) is 9.27. The Morgan fingerprint density at radius 1 is 1.17 bits per heavy atom. The summed E-state index contributed by atoms with van der Waals surface area (Å²) in [5.74, 6) is 0.384. The molecule has 3 rings (SSSR count). The van der Waals surface area contributed by atoms with Gasteiger partial charge in [0.05, 0.1) is 12.2 Å². The molecule has 0 fully saturated rings. The van der Waals surface area contributed by atoms with E-state index in [-0.39, 0.29) is 24.6 Å². The molecule has 0 aliphatic heterocycles. The lowest BCUT2D eigenvalue weighted by atomic mass is 10.1. The summed E-state index contributed by atoms with van der Waals surface area (Å²) in [6.07, 6.45) is -0.651. The van der Waals surface area contributed by atoms with Crippen molar-refractivity contribution < 1.29 is 9.53 Å². The Morgan fingerprint density at radius 3 is 2.66 bits per heavy atom. The molecule has 1 N–H and O–H groups in total. The van der Waals surface area contributed by atoms with Crippen LogP contribution >= 0.6 is 11.6 Å². The third kappa shape index (κ3) is 5.68. The first-order chi connectivity index (χ1) is 13.9. The molecular formula is C22H22ClN3O3. The smallest absolute Gasteiger partial charge is 0.266 e. The third-order valence-corrected chi connectivity index (χ3v) is 4.55. The molecule has 0 bridgehead atoms. The minimum atomic E-state index is -0.651. The van der Waals surface area contributed by atoms with E-state index >= 15 is 0 Å². The quantitative estimate of drug-likeness (QED) is 0.646. The molecule has 1 amide bonds. The zero-order chi connectivity index (χ0) is 20.8. The van der Waals surface area contributed by atoms with Gasteiger partial charge >= 0.3 is 0 Å². The van der Waals surface area contributed by atoms with E-state index in [2.05, 4.69) is 10.4 Å². The van der Waals surface area contributed by atoms with E-state index in [1.165, 1.54) is 10.7 Å². The highest BCUT2D eigenvalue weighted by atomic mass is 35.5. The van der Waals surface area contributed by atoms with Crippen molar-refractivity contribution in [3.8, 4) is 17.0 Å². The molecule has 1 atom stereocenters. The Balaban J connectivity index is 1.58. The number of hydrogen-bond acceptors (Lipinski definition) is 4. The highest BCUT2D eigenvalue weighted by molar-refractivity contribution is 6.30. The maximum atomic E-state index is 12.3. The molecule has 0 radical (unpaired) electrons. The molecule has 2 aromatic carbocycles. The van der Waals surface area contributed by atoms with Crippen LogP contribution in [0.4, 0.5) is 0 Å². The summed E-state index contributed by atoms with van der Waals surface area (Å²) in [4.78, 5) is 24.4. The summed E-state index contributed by atoms with van der Waals surface area (Å²) in [7, 11) is 0. The fraction of sp³-hybridized carbons (Fsp3) is 0.227. The Kier molecular flexibility index (Phi) is 6.67. The van der Waals surface area contributed by atoms with E-state index in [4.69, 9.17) is 16.3 Å². The standard InChI is InChI=1S/C22H22ClN3O3/c1-15-4-3-5-19(14-15)29-16(2)22(28)24-12-13-26-21(27)11-10-20(25-26)17-6-8-18(23)9-7-17/h3-11,14,16H,12-13H2,1-2H3,(H,24,28). The van der Waals surface area contributed by atoms with Crippen molar-refractivity contribution in [1.82, 2.24) is 15.1 Å². The first-order valence-corrected chi connectivity index (χ1v) is 9.65. The van der Waals surface area contributed by atoms with E-state index in [1.807, 2.05) is 43.3 Å². The predicted molar refractivity (Wildman–Crippen MR) is 113 cm³/mol. The molecule has 0 saturated carbocycles. The van der Waals surface area contributed by atoms with Crippen molar-refractivity contribution in [2.75, 3.05) is 6.54 Å². The van der Waals surface area contributed by atoms with Gasteiger partial charge in [-0.2, -0.15) is 5.10 Å². The van der Waals surface area contributed by atoms with Gasteiger partial charge < -0.3 is 10.1 Å². The molecule has 6 nitrogen and oxygen atoms in total. The van der Waals surface area contributed by atoms with Gasteiger partial charge in [0.25, 0.3) is 11.5 Å². The number of amides is 1. The number of rotatable bonds is 7. The normalized spacial score (nSPS) is 11.7. The summed E-state index contributed by atoms with van der Waals surface area (Å²) < 4.78 is 6.99. The molecule has 0 aliphatic carbocycles. The maximum Gasteiger partial charge on any atom is 0.266 e. The van der Waals surface area contributed by atoms with Crippen LogP contribution in [0.25, 0.3) is 11.3 Å². The van der Waals surface area contributed by atoms with Crippen LogP contribution in [0.5, 0.6) is 5.75 Å². The van der Waals surface area contributed by atoms with Crippen molar-refractivity contribution in [2.24, 2.45) is 0 Å². The second-order valence-electron chi connectivity index (χ2n) is 6.65. The molecule has 7 heteroatoms. The van der Waals surface area contributed by atoms with Gasteiger partial charge in [-0.25, -0.2) is 4.68 Å². The number of carbonyl (C=O) groups excluding carboxylic acids is 1. The van der Waals surface area contributed by atoms with E-state index in [0.29, 0.717) is 16.5 Å². The van der Waals surface area contributed by atoms with Crippen molar-refractivity contribution in [3.05, 3.63) is 81.6 Å². The van der Waals surface area contributed by atoms with Crippen LogP contribution in [-0.2, 0) is 11.3 Å². The highest BCUT2D eigenvalue weighted by Crippen LogP contribution is 2.18. The van der Waals surface area contributed by atoms with Crippen LogP contribution < -0.4 is 15.6 Å². The molecule has 0 aliphatic rings. The zero-order valence-electron chi connectivity index (χ0n) is 16.3. The molecule has 29 heavy (non-hydrogen) atoms. The summed E-state index contributed by atoms with van der Waals surface area (Å²) >= 11 is 5.91. The number of carbonyl (C=O) groups is 1. The van der Waals surface area contributed by atoms with Crippen LogP contribution in [0.2, 0.25) is 5.02 Å². The number of nitrogens with one attached hydrogen (secondary N) is 1. The van der Waals surface area contributed by atoms with Gasteiger partial charge in [0.15, 0.2) is 6.10 Å². The number of halogens is 1. The van der Waals surface area contributed by atoms with E-state index in [9.17, 15) is 9.59 Å². The van der Waals surface area contributed by atoms with Gasteiger partial charge in [-0.1, -0.05) is 35.9 Å². The number of aryl methyl sites for hydroxylation is 1. The van der Waals surface area contributed by atoms with Gasteiger partial charge in [-0.05, 0) is 49.7 Å². The Bertz CT molecular complexity index is 1050.